The lowest BCUT2D eigenvalue weighted by atomic mass is 9.44. The quantitative estimate of drug-likeness (QED) is 0.120. The van der Waals surface area contributed by atoms with Crippen molar-refractivity contribution in [3.63, 3.8) is 0 Å². The highest BCUT2D eigenvalue weighted by molar-refractivity contribution is 5.94. The van der Waals surface area contributed by atoms with Crippen molar-refractivity contribution in [1.29, 1.82) is 0 Å². The Morgan fingerprint density at radius 2 is 1.56 bits per heavy atom. The summed E-state index contributed by atoms with van der Waals surface area (Å²) in [7, 11) is 1.87. The van der Waals surface area contributed by atoms with Gasteiger partial charge in [0, 0.05) is 70.0 Å². The van der Waals surface area contributed by atoms with E-state index in [1.54, 1.807) is 83.1 Å². The summed E-state index contributed by atoms with van der Waals surface area (Å²) < 4.78 is 36.3. The Labute approximate surface area is 407 Å². The molecule has 0 radical (unpaired) electrons. The highest BCUT2D eigenvalue weighted by Gasteiger charge is 2.78. The number of rotatable bonds is 13. The van der Waals surface area contributed by atoms with Crippen LogP contribution in [0.15, 0.2) is 96.6 Å². The highest BCUT2D eigenvalue weighted by Crippen LogP contribution is 2.64. The van der Waals surface area contributed by atoms with Gasteiger partial charge < -0.3 is 58.9 Å². The third-order valence-electron chi connectivity index (χ3n) is 14.6. The number of nitrogens with zero attached hydrogens (tertiary/aromatic N) is 2. The van der Waals surface area contributed by atoms with Crippen LogP contribution in [0.5, 0.6) is 0 Å². The average molecular weight is 972 g/mol. The third kappa shape index (κ3) is 9.70. The fourth-order valence-corrected chi connectivity index (χ4v) is 10.9. The van der Waals surface area contributed by atoms with E-state index >= 15 is 9.59 Å². The minimum absolute atomic E-state index is 0.0645. The van der Waals surface area contributed by atoms with Crippen LogP contribution >= 0.6 is 0 Å². The van der Waals surface area contributed by atoms with E-state index in [0.717, 1.165) is 6.92 Å². The second-order valence-electron chi connectivity index (χ2n) is 20.6. The number of aliphatic hydroxyl groups excluding tert-OH is 2. The molecule has 2 aliphatic heterocycles. The van der Waals surface area contributed by atoms with Crippen molar-refractivity contribution in [2.45, 2.75) is 141 Å². The third-order valence-corrected chi connectivity index (χ3v) is 14.6. The maximum absolute atomic E-state index is 15.2. The number of ketones is 1. The number of carbonyl (C=O) groups is 6. The maximum Gasteiger partial charge on any atom is 0.408 e. The molecule has 1 saturated heterocycles. The number of carbonyl (C=O) groups excluding carboxylic acids is 6. The van der Waals surface area contributed by atoms with Crippen molar-refractivity contribution in [2.75, 3.05) is 20.2 Å². The molecule has 1 amide bonds. The van der Waals surface area contributed by atoms with Gasteiger partial charge in [-0.2, -0.15) is 0 Å². The summed E-state index contributed by atoms with van der Waals surface area (Å²) in [6.07, 6.45) is -4.15. The molecule has 5 aliphatic rings. The van der Waals surface area contributed by atoms with Crippen molar-refractivity contribution in [2.24, 2.45) is 16.7 Å². The molecule has 3 aliphatic carbocycles. The van der Waals surface area contributed by atoms with E-state index in [1.165, 1.54) is 26.0 Å². The van der Waals surface area contributed by atoms with E-state index in [1.807, 2.05) is 41.6 Å². The SMILES string of the molecule is CC(=O)O[C@@]12CO[C@@H]1C[C@H](O)[C@@]1(C)C(=O)[C@H](O)C3=C(C)[C@@H](OC(=O)[C@H](OC(=O)CCCN4C=CN(C)C=C4)[C@@H](NC(=O)OC(C)(C)C)c4ccccc4)C[C@@](O)([C@@H](OC(=O)c4ccccc4)[C@H]21)C3(C)C. The number of Topliss-reactive ketones (excluding diaryl/α,β-unsaturated/α-hetero) is 1. The molecule has 3 fully saturated rings. The highest BCUT2D eigenvalue weighted by atomic mass is 16.6. The lowest BCUT2D eigenvalue weighted by Crippen LogP contribution is -2.81. The number of fused-ring (bicyclic) bond motifs is 5. The topological polar surface area (TPSA) is 237 Å². The first kappa shape index (κ1) is 51.8. The van der Waals surface area contributed by atoms with Gasteiger partial charge in [-0.25, -0.2) is 14.4 Å². The van der Waals surface area contributed by atoms with Crippen LogP contribution in [0.3, 0.4) is 0 Å². The summed E-state index contributed by atoms with van der Waals surface area (Å²) in [5.74, 6) is -6.21. The van der Waals surface area contributed by atoms with E-state index in [-0.39, 0.29) is 36.2 Å². The van der Waals surface area contributed by atoms with Gasteiger partial charge in [0.1, 0.15) is 41.7 Å². The number of esters is 4. The lowest BCUT2D eigenvalue weighted by molar-refractivity contribution is -0.346. The monoisotopic (exact) mass is 971 g/mol. The molecule has 0 spiro atoms. The number of nitrogens with one attached hydrogen (secondary N) is 1. The molecule has 18 nitrogen and oxygen atoms in total. The van der Waals surface area contributed by atoms with Crippen molar-refractivity contribution >= 4 is 35.8 Å². The first-order valence-corrected chi connectivity index (χ1v) is 23.5. The second kappa shape index (κ2) is 19.6. The van der Waals surface area contributed by atoms with Gasteiger partial charge in [0.25, 0.3) is 0 Å². The summed E-state index contributed by atoms with van der Waals surface area (Å²) in [6.45, 7) is 12.2. The molecule has 2 aromatic carbocycles. The molecule has 18 heteroatoms. The van der Waals surface area contributed by atoms with Gasteiger partial charge in [0.2, 0.25) is 6.10 Å². The first-order chi connectivity index (χ1) is 32.8. The molecule has 2 heterocycles. The van der Waals surface area contributed by atoms with Crippen LogP contribution in [-0.2, 0) is 47.6 Å². The summed E-state index contributed by atoms with van der Waals surface area (Å²) in [6, 6.07) is 14.7. The van der Waals surface area contributed by atoms with E-state index in [0.29, 0.717) is 18.5 Å². The van der Waals surface area contributed by atoms with E-state index < -0.39 is 118 Å². The maximum atomic E-state index is 15.2. The number of amides is 1. The fourth-order valence-electron chi connectivity index (χ4n) is 10.9. The summed E-state index contributed by atoms with van der Waals surface area (Å²) in [4.78, 5) is 88.9. The lowest BCUT2D eigenvalue weighted by Gasteiger charge is -2.67. The molecule has 0 unspecified atom stereocenters. The zero-order valence-corrected chi connectivity index (χ0v) is 41.1. The molecule has 378 valence electrons. The predicted octanol–water partition coefficient (Wildman–Crippen LogP) is 4.78. The number of ether oxygens (including phenoxy) is 6. The van der Waals surface area contributed by atoms with Crippen LogP contribution in [-0.4, -0.2) is 134 Å². The summed E-state index contributed by atoms with van der Waals surface area (Å²) in [5, 5.41) is 40.9. The van der Waals surface area contributed by atoms with Crippen LogP contribution in [0, 0.1) is 16.7 Å². The molecular weight excluding hydrogens is 907 g/mol. The molecule has 11 atom stereocenters. The Hall–Kier alpha value is -6.08. The smallest absolute Gasteiger partial charge is 0.408 e. The molecule has 2 aromatic rings. The molecule has 2 bridgehead atoms. The molecule has 70 heavy (non-hydrogen) atoms. The number of hydrogen-bond donors (Lipinski definition) is 4. The van der Waals surface area contributed by atoms with Crippen LogP contribution in [0.1, 0.15) is 103 Å². The Bertz CT molecular complexity index is 2420. The zero-order chi connectivity index (χ0) is 51.1. The van der Waals surface area contributed by atoms with Gasteiger partial charge in [-0.3, -0.25) is 14.4 Å². The van der Waals surface area contributed by atoms with Crippen molar-refractivity contribution in [1.82, 2.24) is 15.1 Å². The summed E-state index contributed by atoms with van der Waals surface area (Å²) in [5.41, 5.74) is -8.46. The van der Waals surface area contributed by atoms with Gasteiger partial charge in [-0.05, 0) is 69.9 Å². The minimum Gasteiger partial charge on any atom is -0.455 e. The number of aliphatic hydroxyl groups is 3. The van der Waals surface area contributed by atoms with Crippen LogP contribution < -0.4 is 5.32 Å². The normalized spacial score (nSPS) is 30.8. The van der Waals surface area contributed by atoms with Gasteiger partial charge in [-0.15, -0.1) is 0 Å². The largest absolute Gasteiger partial charge is 0.455 e. The van der Waals surface area contributed by atoms with Crippen molar-refractivity contribution in [3.05, 3.63) is 108 Å². The molecule has 2 saturated carbocycles. The van der Waals surface area contributed by atoms with Crippen LogP contribution in [0.4, 0.5) is 4.79 Å². The fraction of sp³-hybridized carbons (Fsp3) is 0.538. The number of hydrogen-bond acceptors (Lipinski definition) is 17. The zero-order valence-electron chi connectivity index (χ0n) is 41.1. The predicted molar refractivity (Wildman–Crippen MR) is 249 cm³/mol. The Balaban J connectivity index is 1.33. The molecule has 4 N–H and O–H groups in total. The molecule has 7 rings (SSSR count). The molecule has 0 aromatic heterocycles. The van der Waals surface area contributed by atoms with Crippen LogP contribution in [0.2, 0.25) is 0 Å². The average Bonchev–Trinajstić information content (AvgIpc) is 3.29. The Morgan fingerprint density at radius 1 is 0.929 bits per heavy atom. The number of alkyl carbamates (subject to hydrolysis) is 1. The van der Waals surface area contributed by atoms with Gasteiger partial charge >= 0.3 is 30.0 Å². The van der Waals surface area contributed by atoms with Gasteiger partial charge in [0.05, 0.1) is 29.6 Å². The van der Waals surface area contributed by atoms with Gasteiger partial charge in [-0.1, -0.05) is 62.4 Å². The molecular formula is C52H65N3O15. The van der Waals surface area contributed by atoms with Gasteiger partial charge in [0.15, 0.2) is 11.4 Å². The minimum atomic E-state index is -2.42. The van der Waals surface area contributed by atoms with Crippen molar-refractivity contribution in [3.8, 4) is 0 Å². The van der Waals surface area contributed by atoms with Crippen molar-refractivity contribution < 1.29 is 72.5 Å². The second-order valence-corrected chi connectivity index (χ2v) is 20.6. The summed E-state index contributed by atoms with van der Waals surface area (Å²) >= 11 is 0. The Kier molecular flexibility index (Phi) is 14.5. The van der Waals surface area contributed by atoms with E-state index in [2.05, 4.69) is 5.32 Å². The van der Waals surface area contributed by atoms with Crippen LogP contribution in [0.25, 0.3) is 0 Å². The van der Waals surface area contributed by atoms with E-state index in [9.17, 15) is 34.5 Å². The van der Waals surface area contributed by atoms with E-state index in [4.69, 9.17) is 28.4 Å². The standard InChI is InChI=1S/C52H65N3O15/c1-30-34(66-46(62)41(67-37(58)21-16-22-55-25-23-54(9)24-26-55)39(32-17-12-10-13-18-32)53-47(63)70-48(3,4)5)28-52(64)44(68-45(61)33-19-14-11-15-20-33)42-50(8,43(60)40(59)38(30)49(52,6)7)35(57)27-36-51(42,29-65-36)69-31(2)56/h10-15,17-20,23-26,34-36,39-42,44,57,59,64H,16,21-22,27-29H2,1-9H3,(H,53,63)/t34-,35-,36+,39-,40+,41+,42-,44-,50+,51-,52+/m0/s1. The number of benzene rings is 2. The first-order valence-electron chi connectivity index (χ1n) is 23.5. The Morgan fingerprint density at radius 3 is 2.14 bits per heavy atom.